The summed E-state index contributed by atoms with van der Waals surface area (Å²) in [7, 11) is 1.67. The van der Waals surface area contributed by atoms with E-state index in [1.807, 2.05) is 85.8 Å². The number of benzene rings is 3. The van der Waals surface area contributed by atoms with E-state index < -0.39 is 11.1 Å². The van der Waals surface area contributed by atoms with Crippen molar-refractivity contribution in [2.24, 2.45) is 0 Å². The van der Waals surface area contributed by atoms with Gasteiger partial charge in [0, 0.05) is 18.2 Å². The van der Waals surface area contributed by atoms with Crippen LogP contribution >= 0.6 is 0 Å². The summed E-state index contributed by atoms with van der Waals surface area (Å²) in [6.07, 6.45) is 0. The molecule has 1 atom stereocenters. The summed E-state index contributed by atoms with van der Waals surface area (Å²) in [5.41, 5.74) is 0.754. The molecule has 3 aromatic rings. The first kappa shape index (κ1) is 16.6. The fraction of sp³-hybridized carbons (Fsp3) is 0.174. The van der Waals surface area contributed by atoms with E-state index in [-0.39, 0.29) is 5.91 Å². The zero-order valence-corrected chi connectivity index (χ0v) is 14.9. The van der Waals surface area contributed by atoms with Gasteiger partial charge in [-0.25, -0.2) is 0 Å². The van der Waals surface area contributed by atoms with Crippen molar-refractivity contribution in [1.29, 1.82) is 0 Å². The van der Waals surface area contributed by atoms with Crippen LogP contribution in [0.1, 0.15) is 34.0 Å². The number of fused-ring (bicyclic) bond motifs is 1. The summed E-state index contributed by atoms with van der Waals surface area (Å²) in [6, 6.07) is 27.1. The van der Waals surface area contributed by atoms with Crippen LogP contribution in [0.4, 0.5) is 0 Å². The van der Waals surface area contributed by atoms with Gasteiger partial charge in [0.1, 0.15) is 0 Å². The number of carbonyl (C=O) groups excluding carboxylic acids is 1. The first-order valence-corrected chi connectivity index (χ1v) is 8.72. The molecule has 130 valence electrons. The third-order valence-corrected chi connectivity index (χ3v) is 5.72. The molecule has 0 aromatic heterocycles. The highest BCUT2D eigenvalue weighted by atomic mass is 16.3. The van der Waals surface area contributed by atoms with E-state index in [9.17, 15) is 9.90 Å². The molecule has 0 fully saturated rings. The van der Waals surface area contributed by atoms with Crippen LogP contribution in [0.15, 0.2) is 84.9 Å². The molecular formula is C23H21NO2. The minimum absolute atomic E-state index is 0.166. The number of hydrogen-bond donors (Lipinski definition) is 1. The molecule has 0 bridgehead atoms. The summed E-state index contributed by atoms with van der Waals surface area (Å²) >= 11 is 0. The average Bonchev–Trinajstić information content (AvgIpc) is 2.91. The van der Waals surface area contributed by atoms with Gasteiger partial charge >= 0.3 is 0 Å². The monoisotopic (exact) mass is 343 g/mol. The third-order valence-electron chi connectivity index (χ3n) is 5.72. The Bertz CT molecular complexity index is 913. The van der Waals surface area contributed by atoms with Gasteiger partial charge in [0.25, 0.3) is 5.91 Å². The molecule has 1 N–H and O–H groups in total. The Labute approximate surface area is 153 Å². The number of carbonyl (C=O) groups is 1. The standard InChI is InChI=1S/C23H21NO2/c1-22(17-11-5-3-6-12-17,18-13-7-4-8-14-18)23(26)20-16-10-9-15-19(20)21(25)24(23)2/h3-16,26H,1-2H3/t23-/m1/s1. The molecule has 1 aliphatic heterocycles. The van der Waals surface area contributed by atoms with Crippen molar-refractivity contribution in [3.05, 3.63) is 107 Å². The third kappa shape index (κ3) is 2.01. The van der Waals surface area contributed by atoms with Crippen molar-refractivity contribution in [1.82, 2.24) is 4.90 Å². The van der Waals surface area contributed by atoms with E-state index in [0.717, 1.165) is 11.1 Å². The van der Waals surface area contributed by atoms with Gasteiger partial charge in [-0.05, 0) is 24.1 Å². The lowest BCUT2D eigenvalue weighted by atomic mass is 9.66. The van der Waals surface area contributed by atoms with Crippen LogP contribution in [0.2, 0.25) is 0 Å². The lowest BCUT2D eigenvalue weighted by molar-refractivity contribution is -0.117. The van der Waals surface area contributed by atoms with Crippen LogP contribution in [0.5, 0.6) is 0 Å². The second-order valence-corrected chi connectivity index (χ2v) is 6.94. The van der Waals surface area contributed by atoms with Crippen LogP contribution in [-0.4, -0.2) is 23.0 Å². The Morgan fingerprint density at radius 3 is 1.81 bits per heavy atom. The van der Waals surface area contributed by atoms with Gasteiger partial charge in [0.2, 0.25) is 0 Å². The van der Waals surface area contributed by atoms with Gasteiger partial charge < -0.3 is 10.0 Å². The Hall–Kier alpha value is -2.91. The maximum atomic E-state index is 12.9. The highest BCUT2D eigenvalue weighted by molar-refractivity contribution is 6.00. The molecule has 3 nitrogen and oxygen atoms in total. The highest BCUT2D eigenvalue weighted by Gasteiger charge is 2.59. The first-order chi connectivity index (χ1) is 12.5. The number of likely N-dealkylation sites (N-methyl/N-ethyl adjacent to an activating group) is 1. The fourth-order valence-corrected chi connectivity index (χ4v) is 4.20. The smallest absolute Gasteiger partial charge is 0.256 e. The van der Waals surface area contributed by atoms with E-state index in [1.54, 1.807) is 13.1 Å². The van der Waals surface area contributed by atoms with E-state index in [0.29, 0.717) is 11.1 Å². The zero-order valence-electron chi connectivity index (χ0n) is 14.9. The second kappa shape index (κ2) is 5.82. The summed E-state index contributed by atoms with van der Waals surface area (Å²) in [6.45, 7) is 2.00. The largest absolute Gasteiger partial charge is 0.366 e. The molecule has 1 amide bonds. The van der Waals surface area contributed by atoms with E-state index in [2.05, 4.69) is 0 Å². The Morgan fingerprint density at radius 1 is 0.808 bits per heavy atom. The molecule has 3 heteroatoms. The van der Waals surface area contributed by atoms with Gasteiger partial charge in [-0.15, -0.1) is 0 Å². The molecule has 0 spiro atoms. The van der Waals surface area contributed by atoms with E-state index >= 15 is 0 Å². The van der Waals surface area contributed by atoms with Crippen LogP contribution < -0.4 is 0 Å². The van der Waals surface area contributed by atoms with Crippen LogP contribution in [0.3, 0.4) is 0 Å². The molecule has 0 aliphatic carbocycles. The van der Waals surface area contributed by atoms with E-state index in [1.165, 1.54) is 4.90 Å². The first-order valence-electron chi connectivity index (χ1n) is 8.72. The SMILES string of the molecule is CN1C(=O)c2ccccc2[C@@]1(O)C(C)(c1ccccc1)c1ccccc1. The van der Waals surface area contributed by atoms with Crippen molar-refractivity contribution in [2.45, 2.75) is 18.1 Å². The second-order valence-electron chi connectivity index (χ2n) is 6.94. The number of hydrogen-bond acceptors (Lipinski definition) is 2. The average molecular weight is 343 g/mol. The Kier molecular flexibility index (Phi) is 3.70. The predicted octanol–water partition coefficient (Wildman–Crippen LogP) is 3.92. The number of aliphatic hydroxyl groups is 1. The van der Waals surface area contributed by atoms with Gasteiger partial charge in [-0.2, -0.15) is 0 Å². The van der Waals surface area contributed by atoms with Gasteiger partial charge in [-0.1, -0.05) is 78.9 Å². The Balaban J connectivity index is 2.06. The maximum Gasteiger partial charge on any atom is 0.256 e. The number of nitrogens with zero attached hydrogens (tertiary/aromatic N) is 1. The highest BCUT2D eigenvalue weighted by Crippen LogP contribution is 2.52. The molecule has 0 unspecified atom stereocenters. The summed E-state index contributed by atoms with van der Waals surface area (Å²) < 4.78 is 0. The zero-order chi connectivity index (χ0) is 18.4. The fourth-order valence-electron chi connectivity index (χ4n) is 4.20. The summed E-state index contributed by atoms with van der Waals surface area (Å²) in [4.78, 5) is 14.4. The van der Waals surface area contributed by atoms with Gasteiger partial charge in [-0.3, -0.25) is 4.79 Å². The van der Waals surface area contributed by atoms with Gasteiger partial charge in [0.15, 0.2) is 5.72 Å². The normalized spacial score (nSPS) is 19.5. The summed E-state index contributed by atoms with van der Waals surface area (Å²) in [5, 5.41) is 12.1. The van der Waals surface area contributed by atoms with E-state index in [4.69, 9.17) is 0 Å². The van der Waals surface area contributed by atoms with Crippen molar-refractivity contribution in [3.8, 4) is 0 Å². The molecule has 3 aromatic carbocycles. The lowest BCUT2D eigenvalue weighted by Gasteiger charge is -2.47. The van der Waals surface area contributed by atoms with Crippen molar-refractivity contribution in [3.63, 3.8) is 0 Å². The molecule has 4 rings (SSSR count). The van der Waals surface area contributed by atoms with Crippen molar-refractivity contribution in [2.75, 3.05) is 7.05 Å². The number of amides is 1. The maximum absolute atomic E-state index is 12.9. The predicted molar refractivity (Wildman–Crippen MR) is 102 cm³/mol. The van der Waals surface area contributed by atoms with Gasteiger partial charge in [0.05, 0.1) is 5.41 Å². The van der Waals surface area contributed by atoms with Crippen LogP contribution in [-0.2, 0) is 11.1 Å². The number of rotatable bonds is 3. The van der Waals surface area contributed by atoms with Crippen molar-refractivity contribution < 1.29 is 9.90 Å². The quantitative estimate of drug-likeness (QED) is 0.783. The molecule has 26 heavy (non-hydrogen) atoms. The topological polar surface area (TPSA) is 40.5 Å². The molecular weight excluding hydrogens is 322 g/mol. The van der Waals surface area contributed by atoms with Crippen LogP contribution in [0, 0.1) is 0 Å². The molecule has 1 aliphatic rings. The summed E-state index contributed by atoms with van der Waals surface area (Å²) in [5.74, 6) is -0.166. The lowest BCUT2D eigenvalue weighted by Crippen LogP contribution is -2.56. The minimum atomic E-state index is -1.50. The van der Waals surface area contributed by atoms with Crippen LogP contribution in [0.25, 0.3) is 0 Å². The molecule has 0 saturated carbocycles. The molecule has 1 heterocycles. The Morgan fingerprint density at radius 2 is 1.27 bits per heavy atom. The minimum Gasteiger partial charge on any atom is -0.366 e. The van der Waals surface area contributed by atoms with Crippen molar-refractivity contribution >= 4 is 5.91 Å². The molecule has 0 saturated heterocycles. The molecule has 0 radical (unpaired) electrons.